The van der Waals surface area contributed by atoms with Gasteiger partial charge in [0.25, 0.3) is 0 Å². The van der Waals surface area contributed by atoms with Crippen LogP contribution in [0.25, 0.3) is 0 Å². The third kappa shape index (κ3) is 2.95. The molecule has 0 spiro atoms. The molecule has 2 aromatic carbocycles. The maximum absolute atomic E-state index is 3.39. The molecule has 0 saturated heterocycles. The zero-order chi connectivity index (χ0) is 13.0. The first-order valence-electron chi connectivity index (χ1n) is 6.12. The zero-order valence-electron chi connectivity index (χ0n) is 11.1. The molecule has 0 saturated carbocycles. The Bertz CT molecular complexity index is 505. The normalized spacial score (nSPS) is 12.4. The maximum atomic E-state index is 3.39. The molecule has 2 rings (SSSR count). The van der Waals surface area contributed by atoms with Crippen LogP contribution in [0.3, 0.4) is 0 Å². The highest BCUT2D eigenvalue weighted by atomic mass is 32.2. The van der Waals surface area contributed by atoms with Crippen molar-refractivity contribution in [1.29, 1.82) is 0 Å². The van der Waals surface area contributed by atoms with Crippen molar-refractivity contribution < 1.29 is 0 Å². The van der Waals surface area contributed by atoms with Gasteiger partial charge in [-0.2, -0.15) is 0 Å². The molecule has 0 radical (unpaired) electrons. The van der Waals surface area contributed by atoms with E-state index in [2.05, 4.69) is 67.0 Å². The minimum absolute atomic E-state index is 0.265. The minimum atomic E-state index is 0.265. The van der Waals surface area contributed by atoms with E-state index in [1.165, 1.54) is 21.6 Å². The topological polar surface area (TPSA) is 12.0 Å². The quantitative estimate of drug-likeness (QED) is 0.830. The minimum Gasteiger partial charge on any atom is -0.309 e. The summed E-state index contributed by atoms with van der Waals surface area (Å²) in [6.07, 6.45) is 2.10. The van der Waals surface area contributed by atoms with Crippen LogP contribution in [0, 0.1) is 6.92 Å². The summed E-state index contributed by atoms with van der Waals surface area (Å²) >= 11 is 1.77. The second-order valence-corrected chi connectivity index (χ2v) is 5.29. The summed E-state index contributed by atoms with van der Waals surface area (Å²) in [5.41, 5.74) is 3.92. The average Bonchev–Trinajstić information content (AvgIpc) is 2.40. The van der Waals surface area contributed by atoms with Crippen LogP contribution in [0.1, 0.15) is 22.7 Å². The molecule has 1 unspecified atom stereocenters. The summed E-state index contributed by atoms with van der Waals surface area (Å²) in [4.78, 5) is 1.30. The van der Waals surface area contributed by atoms with E-state index in [0.717, 1.165) is 0 Å². The van der Waals surface area contributed by atoms with E-state index in [1.54, 1.807) is 11.8 Å². The molecule has 1 atom stereocenters. The van der Waals surface area contributed by atoms with Gasteiger partial charge in [0.1, 0.15) is 0 Å². The zero-order valence-corrected chi connectivity index (χ0v) is 11.9. The number of aryl methyl sites for hydroxylation is 1. The third-order valence-corrected chi connectivity index (χ3v) is 3.86. The molecule has 0 aliphatic carbocycles. The fourth-order valence-corrected chi connectivity index (χ4v) is 2.58. The fourth-order valence-electron chi connectivity index (χ4n) is 2.17. The van der Waals surface area contributed by atoms with Crippen LogP contribution in [-0.4, -0.2) is 13.3 Å². The van der Waals surface area contributed by atoms with Crippen LogP contribution in [0.2, 0.25) is 0 Å². The number of rotatable bonds is 4. The van der Waals surface area contributed by atoms with Crippen molar-refractivity contribution in [1.82, 2.24) is 5.32 Å². The molecule has 1 nitrogen and oxygen atoms in total. The van der Waals surface area contributed by atoms with Gasteiger partial charge in [0, 0.05) is 4.90 Å². The standard InChI is InChI=1S/C16H19NS/c1-12-5-4-6-14(11-12)16(17-2)13-7-9-15(18-3)10-8-13/h4-11,16-17H,1-3H3. The Morgan fingerprint density at radius 3 is 2.28 bits per heavy atom. The summed E-state index contributed by atoms with van der Waals surface area (Å²) in [5, 5.41) is 3.39. The molecule has 2 aromatic rings. The summed E-state index contributed by atoms with van der Waals surface area (Å²) < 4.78 is 0. The number of thioether (sulfide) groups is 1. The van der Waals surface area contributed by atoms with E-state index in [1.807, 2.05) is 7.05 Å². The van der Waals surface area contributed by atoms with E-state index in [0.29, 0.717) is 0 Å². The van der Waals surface area contributed by atoms with Crippen molar-refractivity contribution in [2.24, 2.45) is 0 Å². The molecular formula is C16H19NS. The molecule has 0 fully saturated rings. The predicted octanol–water partition coefficient (Wildman–Crippen LogP) is 4.03. The lowest BCUT2D eigenvalue weighted by molar-refractivity contribution is 0.690. The highest BCUT2D eigenvalue weighted by molar-refractivity contribution is 7.98. The van der Waals surface area contributed by atoms with Gasteiger partial charge < -0.3 is 5.32 Å². The number of nitrogens with one attached hydrogen (secondary N) is 1. The highest BCUT2D eigenvalue weighted by Gasteiger charge is 2.11. The van der Waals surface area contributed by atoms with Gasteiger partial charge in [0.05, 0.1) is 6.04 Å². The summed E-state index contributed by atoms with van der Waals surface area (Å²) in [5.74, 6) is 0. The summed E-state index contributed by atoms with van der Waals surface area (Å²) in [7, 11) is 2.01. The number of hydrogen-bond donors (Lipinski definition) is 1. The van der Waals surface area contributed by atoms with Crippen molar-refractivity contribution in [2.75, 3.05) is 13.3 Å². The van der Waals surface area contributed by atoms with E-state index in [4.69, 9.17) is 0 Å². The van der Waals surface area contributed by atoms with Crippen LogP contribution in [0.4, 0.5) is 0 Å². The first-order valence-corrected chi connectivity index (χ1v) is 7.35. The molecule has 0 aliphatic rings. The Hall–Kier alpha value is -1.25. The van der Waals surface area contributed by atoms with Gasteiger partial charge in [-0.25, -0.2) is 0 Å². The van der Waals surface area contributed by atoms with Gasteiger partial charge in [0.15, 0.2) is 0 Å². The Morgan fingerprint density at radius 2 is 1.72 bits per heavy atom. The van der Waals surface area contributed by atoms with E-state index in [-0.39, 0.29) is 6.04 Å². The first kappa shape index (κ1) is 13.2. The summed E-state index contributed by atoms with van der Waals surface area (Å²) in [6, 6.07) is 17.7. The van der Waals surface area contributed by atoms with Crippen LogP contribution in [-0.2, 0) is 0 Å². The Kier molecular flexibility index (Phi) is 4.45. The molecule has 1 N–H and O–H groups in total. The van der Waals surface area contributed by atoms with Crippen molar-refractivity contribution in [3.8, 4) is 0 Å². The van der Waals surface area contributed by atoms with Crippen molar-refractivity contribution in [3.63, 3.8) is 0 Å². The van der Waals surface area contributed by atoms with Gasteiger partial charge in [-0.3, -0.25) is 0 Å². The highest BCUT2D eigenvalue weighted by Crippen LogP contribution is 2.24. The third-order valence-electron chi connectivity index (χ3n) is 3.11. The van der Waals surface area contributed by atoms with Gasteiger partial charge in [-0.05, 0) is 43.5 Å². The van der Waals surface area contributed by atoms with Crippen LogP contribution >= 0.6 is 11.8 Å². The summed E-state index contributed by atoms with van der Waals surface area (Å²) in [6.45, 7) is 2.13. The largest absolute Gasteiger partial charge is 0.309 e. The van der Waals surface area contributed by atoms with Crippen LogP contribution in [0.5, 0.6) is 0 Å². The lowest BCUT2D eigenvalue weighted by Gasteiger charge is -2.18. The molecule has 0 aromatic heterocycles. The van der Waals surface area contributed by atoms with Gasteiger partial charge in [0.2, 0.25) is 0 Å². The molecular weight excluding hydrogens is 238 g/mol. The molecule has 0 heterocycles. The molecule has 0 amide bonds. The van der Waals surface area contributed by atoms with E-state index in [9.17, 15) is 0 Å². The van der Waals surface area contributed by atoms with E-state index >= 15 is 0 Å². The van der Waals surface area contributed by atoms with Crippen molar-refractivity contribution in [2.45, 2.75) is 17.9 Å². The first-order chi connectivity index (χ1) is 8.74. The Morgan fingerprint density at radius 1 is 1.00 bits per heavy atom. The second kappa shape index (κ2) is 6.07. The smallest absolute Gasteiger partial charge is 0.0574 e. The van der Waals surface area contributed by atoms with E-state index < -0.39 is 0 Å². The lowest BCUT2D eigenvalue weighted by atomic mass is 9.98. The fraction of sp³-hybridized carbons (Fsp3) is 0.250. The Balaban J connectivity index is 2.32. The molecule has 2 heteroatoms. The van der Waals surface area contributed by atoms with Crippen molar-refractivity contribution in [3.05, 3.63) is 65.2 Å². The Labute approximate surface area is 114 Å². The van der Waals surface area contributed by atoms with Gasteiger partial charge >= 0.3 is 0 Å². The number of hydrogen-bond acceptors (Lipinski definition) is 2. The monoisotopic (exact) mass is 257 g/mol. The van der Waals surface area contributed by atoms with Crippen molar-refractivity contribution >= 4 is 11.8 Å². The van der Waals surface area contributed by atoms with Crippen LogP contribution in [0.15, 0.2) is 53.4 Å². The SMILES string of the molecule is CNC(c1ccc(SC)cc1)c1cccc(C)c1. The van der Waals surface area contributed by atoms with Gasteiger partial charge in [-0.15, -0.1) is 11.8 Å². The maximum Gasteiger partial charge on any atom is 0.0574 e. The molecule has 94 valence electrons. The lowest BCUT2D eigenvalue weighted by Crippen LogP contribution is -2.17. The molecule has 0 aliphatic heterocycles. The molecule has 18 heavy (non-hydrogen) atoms. The van der Waals surface area contributed by atoms with Gasteiger partial charge in [-0.1, -0.05) is 42.0 Å². The predicted molar refractivity (Wildman–Crippen MR) is 80.3 cm³/mol. The molecule has 0 bridgehead atoms. The average molecular weight is 257 g/mol. The second-order valence-electron chi connectivity index (χ2n) is 4.41. The number of benzene rings is 2. The van der Waals surface area contributed by atoms with Crippen LogP contribution < -0.4 is 5.32 Å².